The summed E-state index contributed by atoms with van der Waals surface area (Å²) in [5.74, 6) is 0.700. The van der Waals surface area contributed by atoms with Gasteiger partial charge in [0.15, 0.2) is 5.96 Å². The van der Waals surface area contributed by atoms with Gasteiger partial charge in [0.2, 0.25) is 0 Å². The van der Waals surface area contributed by atoms with E-state index in [1.165, 1.54) is 5.56 Å². The Balaban J connectivity index is 1.93. The molecule has 0 spiro atoms. The van der Waals surface area contributed by atoms with E-state index in [4.69, 9.17) is 11.6 Å². The van der Waals surface area contributed by atoms with E-state index >= 15 is 0 Å². The Labute approximate surface area is 166 Å². The minimum Gasteiger partial charge on any atom is -0.357 e. The van der Waals surface area contributed by atoms with Gasteiger partial charge < -0.3 is 16.0 Å². The molecule has 0 aliphatic rings. The first kappa shape index (κ1) is 20.8. The average Bonchev–Trinajstić information content (AvgIpc) is 2.68. The molecule has 1 amide bonds. The van der Waals surface area contributed by atoms with Gasteiger partial charge in [0.05, 0.1) is 6.54 Å². The number of rotatable bonds is 8. The van der Waals surface area contributed by atoms with Crippen molar-refractivity contribution in [2.24, 2.45) is 4.99 Å². The van der Waals surface area contributed by atoms with Crippen molar-refractivity contribution in [3.05, 3.63) is 70.2 Å². The van der Waals surface area contributed by atoms with Gasteiger partial charge in [-0.3, -0.25) is 4.79 Å². The molecule has 3 N–H and O–H groups in total. The molecule has 0 radical (unpaired) electrons. The Bertz CT molecular complexity index is 759. The molecule has 0 unspecified atom stereocenters. The van der Waals surface area contributed by atoms with Crippen LogP contribution in [0.3, 0.4) is 0 Å². The van der Waals surface area contributed by atoms with Crippen molar-refractivity contribution in [3.8, 4) is 0 Å². The van der Waals surface area contributed by atoms with E-state index < -0.39 is 0 Å². The van der Waals surface area contributed by atoms with Crippen LogP contribution in [0.4, 0.5) is 0 Å². The lowest BCUT2D eigenvalue weighted by Crippen LogP contribution is -2.38. The van der Waals surface area contributed by atoms with Crippen molar-refractivity contribution >= 4 is 23.5 Å². The molecule has 0 aromatic heterocycles. The van der Waals surface area contributed by atoms with Gasteiger partial charge in [-0.25, -0.2) is 4.99 Å². The Kier molecular flexibility index (Phi) is 8.65. The van der Waals surface area contributed by atoms with Gasteiger partial charge in [0.1, 0.15) is 0 Å². The highest BCUT2D eigenvalue weighted by Gasteiger charge is 2.05. The van der Waals surface area contributed by atoms with Crippen LogP contribution in [0.1, 0.15) is 35.3 Å². The van der Waals surface area contributed by atoms with Crippen LogP contribution in [0, 0.1) is 0 Å². The van der Waals surface area contributed by atoms with Gasteiger partial charge in [0, 0.05) is 30.2 Å². The summed E-state index contributed by atoms with van der Waals surface area (Å²) in [5.41, 5.74) is 2.87. The van der Waals surface area contributed by atoms with E-state index in [9.17, 15) is 4.79 Å². The first-order chi connectivity index (χ1) is 13.1. The molecule has 0 atom stereocenters. The van der Waals surface area contributed by atoms with Gasteiger partial charge >= 0.3 is 0 Å². The third kappa shape index (κ3) is 7.31. The zero-order chi connectivity index (χ0) is 19.5. The Morgan fingerprint density at radius 1 is 0.963 bits per heavy atom. The van der Waals surface area contributed by atoms with Crippen LogP contribution in [0.15, 0.2) is 53.5 Å². The lowest BCUT2D eigenvalue weighted by atomic mass is 10.1. The molecule has 0 aliphatic carbocycles. The Morgan fingerprint density at radius 2 is 1.70 bits per heavy atom. The largest absolute Gasteiger partial charge is 0.357 e. The van der Waals surface area contributed by atoms with Crippen LogP contribution in [-0.4, -0.2) is 31.5 Å². The van der Waals surface area contributed by atoms with Crippen molar-refractivity contribution in [1.29, 1.82) is 0 Å². The number of nitrogens with zero attached hydrogens (tertiary/aromatic N) is 1. The number of amides is 1. The number of guanidine groups is 1. The van der Waals surface area contributed by atoms with E-state index in [2.05, 4.69) is 20.9 Å². The number of aliphatic imine (C=N–C) groups is 1. The van der Waals surface area contributed by atoms with E-state index in [-0.39, 0.29) is 5.91 Å². The molecule has 0 bridgehead atoms. The molecule has 5 nitrogen and oxygen atoms in total. The topological polar surface area (TPSA) is 65.5 Å². The predicted octanol–water partition coefficient (Wildman–Crippen LogP) is 3.39. The normalized spacial score (nSPS) is 11.1. The number of halogens is 1. The highest BCUT2D eigenvalue weighted by Crippen LogP contribution is 2.09. The van der Waals surface area contributed by atoms with E-state index in [0.29, 0.717) is 18.7 Å². The Hall–Kier alpha value is -2.53. The van der Waals surface area contributed by atoms with Gasteiger partial charge in [-0.15, -0.1) is 0 Å². The third-order valence-electron chi connectivity index (χ3n) is 3.91. The maximum Gasteiger partial charge on any atom is 0.251 e. The minimum absolute atomic E-state index is 0.0590. The molecule has 0 heterocycles. The number of carbonyl (C=O) groups excluding carboxylic acids is 1. The fourth-order valence-corrected chi connectivity index (χ4v) is 2.69. The van der Waals surface area contributed by atoms with E-state index in [1.54, 1.807) is 0 Å². The van der Waals surface area contributed by atoms with Crippen LogP contribution in [0.25, 0.3) is 0 Å². The zero-order valence-electron chi connectivity index (χ0n) is 15.9. The van der Waals surface area contributed by atoms with Gasteiger partial charge in [-0.1, -0.05) is 35.9 Å². The SMILES string of the molecule is CCNC(=O)c1cccc(CN=C(NCC)NCCc2ccc(Cl)cc2)c1. The molecule has 27 heavy (non-hydrogen) atoms. The molecule has 0 fully saturated rings. The third-order valence-corrected chi connectivity index (χ3v) is 4.16. The number of hydrogen-bond donors (Lipinski definition) is 3. The maximum absolute atomic E-state index is 12.0. The standard InChI is InChI=1S/C21H27ClN4O/c1-3-23-20(27)18-7-5-6-17(14-18)15-26-21(24-4-2)25-13-12-16-8-10-19(22)11-9-16/h5-11,14H,3-4,12-13,15H2,1-2H3,(H,23,27)(H2,24,25,26). The summed E-state index contributed by atoms with van der Waals surface area (Å²) in [7, 11) is 0. The molecule has 6 heteroatoms. The van der Waals surface area contributed by atoms with E-state index in [1.807, 2.05) is 62.4 Å². The highest BCUT2D eigenvalue weighted by atomic mass is 35.5. The summed E-state index contributed by atoms with van der Waals surface area (Å²) in [6, 6.07) is 15.4. The van der Waals surface area contributed by atoms with Gasteiger partial charge in [0.25, 0.3) is 5.91 Å². The second kappa shape index (κ2) is 11.2. The fraction of sp³-hybridized carbons (Fsp3) is 0.333. The predicted molar refractivity (Wildman–Crippen MR) is 112 cm³/mol. The zero-order valence-corrected chi connectivity index (χ0v) is 16.6. The number of carbonyl (C=O) groups is 1. The summed E-state index contributed by atoms with van der Waals surface area (Å²) in [5, 5.41) is 10.1. The van der Waals surface area contributed by atoms with Crippen LogP contribution >= 0.6 is 11.6 Å². The average molecular weight is 387 g/mol. The van der Waals surface area contributed by atoms with Crippen molar-refractivity contribution in [2.75, 3.05) is 19.6 Å². The van der Waals surface area contributed by atoms with Crippen molar-refractivity contribution < 1.29 is 4.79 Å². The summed E-state index contributed by atoms with van der Waals surface area (Å²) in [6.07, 6.45) is 0.883. The summed E-state index contributed by atoms with van der Waals surface area (Å²) in [4.78, 5) is 16.6. The molecular weight excluding hydrogens is 360 g/mol. The van der Waals surface area contributed by atoms with Crippen molar-refractivity contribution in [1.82, 2.24) is 16.0 Å². The fourth-order valence-electron chi connectivity index (χ4n) is 2.56. The lowest BCUT2D eigenvalue weighted by Gasteiger charge is -2.11. The molecular formula is C21H27ClN4O. The lowest BCUT2D eigenvalue weighted by molar-refractivity contribution is 0.0955. The molecule has 0 aliphatic heterocycles. The van der Waals surface area contributed by atoms with Gasteiger partial charge in [-0.2, -0.15) is 0 Å². The quantitative estimate of drug-likeness (QED) is 0.481. The van der Waals surface area contributed by atoms with Crippen LogP contribution < -0.4 is 16.0 Å². The molecule has 144 valence electrons. The van der Waals surface area contributed by atoms with Crippen molar-refractivity contribution in [2.45, 2.75) is 26.8 Å². The second-order valence-corrected chi connectivity index (χ2v) is 6.49. The summed E-state index contributed by atoms with van der Waals surface area (Å²) < 4.78 is 0. The molecule has 0 saturated carbocycles. The second-order valence-electron chi connectivity index (χ2n) is 6.06. The molecule has 2 aromatic carbocycles. The van der Waals surface area contributed by atoms with Crippen LogP contribution in [0.2, 0.25) is 5.02 Å². The van der Waals surface area contributed by atoms with Gasteiger partial charge in [-0.05, 0) is 55.7 Å². The molecule has 2 rings (SSSR count). The Morgan fingerprint density at radius 3 is 2.41 bits per heavy atom. The number of nitrogens with one attached hydrogen (secondary N) is 3. The molecule has 2 aromatic rings. The highest BCUT2D eigenvalue weighted by molar-refractivity contribution is 6.30. The summed E-state index contributed by atoms with van der Waals surface area (Å²) in [6.45, 7) is 6.61. The van der Waals surface area contributed by atoms with Crippen LogP contribution in [-0.2, 0) is 13.0 Å². The maximum atomic E-state index is 12.0. The first-order valence-corrected chi connectivity index (χ1v) is 9.64. The van der Waals surface area contributed by atoms with Crippen molar-refractivity contribution in [3.63, 3.8) is 0 Å². The number of benzene rings is 2. The van der Waals surface area contributed by atoms with Crippen LogP contribution in [0.5, 0.6) is 0 Å². The molecule has 0 saturated heterocycles. The number of hydrogen-bond acceptors (Lipinski definition) is 2. The monoisotopic (exact) mass is 386 g/mol. The minimum atomic E-state index is -0.0590. The first-order valence-electron chi connectivity index (χ1n) is 9.26. The smallest absolute Gasteiger partial charge is 0.251 e. The summed E-state index contributed by atoms with van der Waals surface area (Å²) >= 11 is 5.92. The van der Waals surface area contributed by atoms with E-state index in [0.717, 1.165) is 36.1 Å².